The molecule has 1 amide bonds. The molecule has 8 nitrogen and oxygen atoms in total. The summed E-state index contributed by atoms with van der Waals surface area (Å²) in [4.78, 5) is 23.5. The molecule has 0 spiro atoms. The number of likely N-dealkylation sites (tertiary alicyclic amines) is 1. The van der Waals surface area contributed by atoms with Crippen LogP contribution in [0.2, 0.25) is 25.7 Å². The van der Waals surface area contributed by atoms with Gasteiger partial charge in [-0.1, -0.05) is 50.0 Å². The van der Waals surface area contributed by atoms with Crippen molar-refractivity contribution < 1.29 is 14.3 Å². The third kappa shape index (κ3) is 6.68. The van der Waals surface area contributed by atoms with E-state index in [1.165, 1.54) is 0 Å². The highest BCUT2D eigenvalue weighted by Gasteiger charge is 2.31. The number of piperidine rings is 1. The zero-order valence-electron chi connectivity index (χ0n) is 21.0. The standard InChI is InChI=1S/C26H37N5O3Si/c1-35(2,3)15-14-33-19-31-13-11-22-24(28-18-29-25(22)31)23(27)21-10-7-12-30(16-21)26(32)34-17-20-8-5-4-6-9-20/h4-6,8-9,11,13,18,21,23H,7,10,12,14-17,19,27H2,1-3H3. The fourth-order valence-corrected chi connectivity index (χ4v) is 5.19. The lowest BCUT2D eigenvalue weighted by atomic mass is 9.88. The van der Waals surface area contributed by atoms with Gasteiger partial charge in [0.15, 0.2) is 0 Å². The first kappa shape index (κ1) is 25.3. The molecule has 2 unspecified atom stereocenters. The molecule has 3 aromatic rings. The Labute approximate surface area is 208 Å². The monoisotopic (exact) mass is 495 g/mol. The zero-order valence-corrected chi connectivity index (χ0v) is 22.0. The Morgan fingerprint density at radius 2 is 2.00 bits per heavy atom. The smallest absolute Gasteiger partial charge is 0.410 e. The Bertz CT molecular complexity index is 1120. The van der Waals surface area contributed by atoms with Crippen molar-refractivity contribution in [1.82, 2.24) is 19.4 Å². The van der Waals surface area contributed by atoms with Gasteiger partial charge >= 0.3 is 6.09 Å². The first-order valence-electron chi connectivity index (χ1n) is 12.4. The summed E-state index contributed by atoms with van der Waals surface area (Å²) in [5.41, 5.74) is 9.36. The maximum Gasteiger partial charge on any atom is 0.410 e. The molecule has 1 aliphatic heterocycles. The van der Waals surface area contributed by atoms with Gasteiger partial charge in [-0.2, -0.15) is 0 Å². The molecule has 2 N–H and O–H groups in total. The predicted molar refractivity (Wildman–Crippen MR) is 139 cm³/mol. The van der Waals surface area contributed by atoms with Gasteiger partial charge in [-0.3, -0.25) is 0 Å². The van der Waals surface area contributed by atoms with Crippen LogP contribution in [0.3, 0.4) is 0 Å². The fraction of sp³-hybridized carbons (Fsp3) is 0.500. The Balaban J connectivity index is 1.38. The molecule has 0 radical (unpaired) electrons. The van der Waals surface area contributed by atoms with E-state index in [0.717, 1.165) is 47.8 Å². The van der Waals surface area contributed by atoms with E-state index in [0.29, 0.717) is 19.8 Å². The van der Waals surface area contributed by atoms with Crippen molar-refractivity contribution in [2.45, 2.75) is 57.9 Å². The first-order valence-corrected chi connectivity index (χ1v) is 16.1. The maximum absolute atomic E-state index is 12.7. The molecule has 35 heavy (non-hydrogen) atoms. The summed E-state index contributed by atoms with van der Waals surface area (Å²) < 4.78 is 13.5. The molecule has 3 heterocycles. The normalized spacial score (nSPS) is 17.5. The van der Waals surface area contributed by atoms with Gasteiger partial charge in [-0.15, -0.1) is 0 Å². The van der Waals surface area contributed by atoms with Crippen LogP contribution in [-0.4, -0.2) is 53.3 Å². The highest BCUT2D eigenvalue weighted by atomic mass is 28.3. The Hall–Kier alpha value is -2.75. The second kappa shape index (κ2) is 11.3. The van der Waals surface area contributed by atoms with Gasteiger partial charge in [-0.25, -0.2) is 14.8 Å². The van der Waals surface area contributed by atoms with Gasteiger partial charge in [0.25, 0.3) is 0 Å². The number of benzene rings is 1. The highest BCUT2D eigenvalue weighted by Crippen LogP contribution is 2.31. The van der Waals surface area contributed by atoms with Gasteiger partial charge in [0.05, 0.1) is 11.7 Å². The summed E-state index contributed by atoms with van der Waals surface area (Å²) in [6, 6.07) is 12.6. The molecule has 0 aliphatic carbocycles. The molecule has 2 atom stereocenters. The molecular formula is C26H37N5O3Si. The Morgan fingerprint density at radius 1 is 1.20 bits per heavy atom. The molecule has 9 heteroatoms. The molecule has 1 fully saturated rings. The second-order valence-corrected chi connectivity index (χ2v) is 16.2. The van der Waals surface area contributed by atoms with Crippen molar-refractivity contribution in [3.8, 4) is 0 Å². The molecule has 188 valence electrons. The van der Waals surface area contributed by atoms with Crippen LogP contribution in [0.5, 0.6) is 0 Å². The average Bonchev–Trinajstić information content (AvgIpc) is 3.28. The van der Waals surface area contributed by atoms with E-state index in [-0.39, 0.29) is 24.7 Å². The van der Waals surface area contributed by atoms with Crippen molar-refractivity contribution in [3.05, 3.63) is 60.2 Å². The number of carbonyl (C=O) groups is 1. The minimum Gasteiger partial charge on any atom is -0.445 e. The van der Waals surface area contributed by atoms with Gasteiger partial charge < -0.3 is 24.7 Å². The van der Waals surface area contributed by atoms with E-state index in [9.17, 15) is 4.79 Å². The number of carbonyl (C=O) groups excluding carboxylic acids is 1. The summed E-state index contributed by atoms with van der Waals surface area (Å²) in [6.07, 6.45) is 5.10. The molecule has 2 aromatic heterocycles. The number of fused-ring (bicyclic) bond motifs is 1. The number of nitrogens with zero attached hydrogens (tertiary/aromatic N) is 4. The van der Waals surface area contributed by atoms with Crippen molar-refractivity contribution in [2.24, 2.45) is 11.7 Å². The number of hydrogen-bond donors (Lipinski definition) is 1. The minimum atomic E-state index is -1.13. The van der Waals surface area contributed by atoms with Crippen LogP contribution < -0.4 is 5.73 Å². The van der Waals surface area contributed by atoms with Crippen LogP contribution in [-0.2, 0) is 22.8 Å². The second-order valence-electron chi connectivity index (χ2n) is 10.5. The number of rotatable bonds is 9. The SMILES string of the molecule is C[Si](C)(C)CCOCn1ccc2c(C(N)C3CCCN(C(=O)OCc4ccccc4)C3)ncnc21. The molecule has 1 aromatic carbocycles. The largest absolute Gasteiger partial charge is 0.445 e. The molecule has 1 aliphatic rings. The van der Waals surface area contributed by atoms with Crippen molar-refractivity contribution in [1.29, 1.82) is 0 Å². The van der Waals surface area contributed by atoms with Crippen molar-refractivity contribution in [2.75, 3.05) is 19.7 Å². The van der Waals surface area contributed by atoms with Gasteiger partial charge in [0.1, 0.15) is 25.3 Å². The van der Waals surface area contributed by atoms with E-state index in [1.54, 1.807) is 11.2 Å². The summed E-state index contributed by atoms with van der Waals surface area (Å²) in [5, 5.41) is 0.942. The highest BCUT2D eigenvalue weighted by molar-refractivity contribution is 6.76. The zero-order chi connectivity index (χ0) is 24.8. The third-order valence-corrected chi connectivity index (χ3v) is 8.26. The van der Waals surface area contributed by atoms with Crippen LogP contribution in [0.25, 0.3) is 11.0 Å². The number of nitrogens with two attached hydrogens (primary N) is 1. The third-order valence-electron chi connectivity index (χ3n) is 6.56. The van der Waals surface area contributed by atoms with Gasteiger partial charge in [0.2, 0.25) is 0 Å². The van der Waals surface area contributed by atoms with Gasteiger partial charge in [-0.05, 0) is 36.4 Å². The van der Waals surface area contributed by atoms with E-state index in [2.05, 4.69) is 29.6 Å². The topological polar surface area (TPSA) is 95.5 Å². The Kier molecular flexibility index (Phi) is 8.20. The fourth-order valence-electron chi connectivity index (χ4n) is 4.44. The van der Waals surface area contributed by atoms with E-state index in [1.807, 2.05) is 47.2 Å². The summed E-state index contributed by atoms with van der Waals surface area (Å²) >= 11 is 0. The number of amides is 1. The number of ether oxygens (including phenoxy) is 2. The molecule has 0 saturated carbocycles. The number of hydrogen-bond acceptors (Lipinski definition) is 6. The van der Waals surface area contributed by atoms with Crippen LogP contribution in [0.4, 0.5) is 4.79 Å². The maximum atomic E-state index is 12.7. The summed E-state index contributed by atoms with van der Waals surface area (Å²) in [6.45, 7) is 9.76. The molecule has 4 rings (SSSR count). The lowest BCUT2D eigenvalue weighted by Gasteiger charge is -2.35. The lowest BCUT2D eigenvalue weighted by Crippen LogP contribution is -2.43. The first-order chi connectivity index (χ1) is 16.8. The Morgan fingerprint density at radius 3 is 2.77 bits per heavy atom. The average molecular weight is 496 g/mol. The molecular weight excluding hydrogens is 458 g/mol. The van der Waals surface area contributed by atoms with Crippen molar-refractivity contribution in [3.63, 3.8) is 0 Å². The van der Waals surface area contributed by atoms with E-state index in [4.69, 9.17) is 15.2 Å². The minimum absolute atomic E-state index is 0.0995. The quantitative estimate of drug-likeness (QED) is 0.339. The number of aromatic nitrogens is 3. The molecule has 0 bridgehead atoms. The van der Waals surface area contributed by atoms with E-state index < -0.39 is 8.07 Å². The van der Waals surface area contributed by atoms with Crippen LogP contribution >= 0.6 is 0 Å². The molecule has 1 saturated heterocycles. The van der Waals surface area contributed by atoms with Crippen LogP contribution in [0.1, 0.15) is 30.1 Å². The van der Waals surface area contributed by atoms with E-state index >= 15 is 0 Å². The summed E-state index contributed by atoms with van der Waals surface area (Å²) in [5.74, 6) is 0.0995. The van der Waals surface area contributed by atoms with Crippen molar-refractivity contribution >= 4 is 25.2 Å². The predicted octanol–water partition coefficient (Wildman–Crippen LogP) is 4.79. The lowest BCUT2D eigenvalue weighted by molar-refractivity contribution is 0.0755. The van der Waals surface area contributed by atoms with Crippen LogP contribution in [0, 0.1) is 5.92 Å². The van der Waals surface area contributed by atoms with Crippen LogP contribution in [0.15, 0.2) is 48.9 Å². The van der Waals surface area contributed by atoms with Gasteiger partial charge in [0, 0.05) is 39.4 Å². The summed E-state index contributed by atoms with van der Waals surface area (Å²) in [7, 11) is -1.13.